The van der Waals surface area contributed by atoms with Crippen molar-refractivity contribution in [3.63, 3.8) is 0 Å². The van der Waals surface area contributed by atoms with Gasteiger partial charge in [0.2, 0.25) is 11.8 Å². The topological polar surface area (TPSA) is 86.8 Å². The van der Waals surface area contributed by atoms with Crippen LogP contribution in [0.1, 0.15) is 26.3 Å². The van der Waals surface area contributed by atoms with E-state index in [-0.39, 0.29) is 29.0 Å². The maximum absolute atomic E-state index is 14.9. The second-order valence-corrected chi connectivity index (χ2v) is 12.0. The van der Waals surface area contributed by atoms with Crippen LogP contribution in [-0.4, -0.2) is 44.3 Å². The molecule has 2 amide bonds. The number of amides is 2. The number of carbonyl (C=O) groups is 2. The van der Waals surface area contributed by atoms with Gasteiger partial charge < -0.3 is 10.2 Å². The minimum atomic E-state index is -4.31. The summed E-state index contributed by atoms with van der Waals surface area (Å²) >= 11 is 3.38. The lowest BCUT2D eigenvalue weighted by Crippen LogP contribution is -2.51. The minimum absolute atomic E-state index is 0.0544. The quantitative estimate of drug-likeness (QED) is 0.335. The largest absolute Gasteiger partial charge is 0.354 e. The van der Waals surface area contributed by atoms with E-state index in [1.807, 2.05) is 26.0 Å². The Labute approximate surface area is 231 Å². The molecule has 0 aliphatic heterocycles. The summed E-state index contributed by atoms with van der Waals surface area (Å²) in [6.07, 6.45) is 0. The Morgan fingerprint density at radius 3 is 2.13 bits per heavy atom. The Morgan fingerprint density at radius 1 is 0.921 bits per heavy atom. The third kappa shape index (κ3) is 7.41. The second-order valence-electron chi connectivity index (χ2n) is 9.24. The Kier molecular flexibility index (Phi) is 10.0. The van der Waals surface area contributed by atoms with Crippen molar-refractivity contribution < 1.29 is 22.4 Å². The molecule has 7 nitrogen and oxygen atoms in total. The molecule has 0 radical (unpaired) electrons. The number of hydrogen-bond acceptors (Lipinski definition) is 4. The van der Waals surface area contributed by atoms with Crippen molar-refractivity contribution >= 4 is 43.5 Å². The Bertz CT molecular complexity index is 1350. The predicted octanol–water partition coefficient (Wildman–Crippen LogP) is 4.97. The number of nitrogens with one attached hydrogen (secondary N) is 1. The molecule has 0 spiro atoms. The third-order valence-corrected chi connectivity index (χ3v) is 8.15. The van der Waals surface area contributed by atoms with E-state index in [2.05, 4.69) is 21.2 Å². The van der Waals surface area contributed by atoms with Crippen LogP contribution in [0.3, 0.4) is 0 Å². The molecule has 0 bridgehead atoms. The smallest absolute Gasteiger partial charge is 0.264 e. The molecule has 0 saturated carbocycles. The summed E-state index contributed by atoms with van der Waals surface area (Å²) in [7, 11) is -4.31. The van der Waals surface area contributed by atoms with Crippen LogP contribution in [0.2, 0.25) is 0 Å². The fourth-order valence-electron chi connectivity index (χ4n) is 3.71. The molecule has 0 aromatic heterocycles. The van der Waals surface area contributed by atoms with Gasteiger partial charge in [-0.2, -0.15) is 0 Å². The van der Waals surface area contributed by atoms with Crippen LogP contribution < -0.4 is 9.62 Å². The van der Waals surface area contributed by atoms with E-state index in [0.717, 1.165) is 20.4 Å². The maximum Gasteiger partial charge on any atom is 0.264 e. The van der Waals surface area contributed by atoms with Crippen molar-refractivity contribution in [3.05, 3.63) is 94.7 Å². The van der Waals surface area contributed by atoms with Gasteiger partial charge in [0.1, 0.15) is 18.4 Å². The molecule has 202 valence electrons. The predicted molar refractivity (Wildman–Crippen MR) is 149 cm³/mol. The van der Waals surface area contributed by atoms with Gasteiger partial charge in [-0.1, -0.05) is 72.2 Å². The highest BCUT2D eigenvalue weighted by atomic mass is 79.9. The number of carbonyl (C=O) groups excluding carboxylic acids is 2. The van der Waals surface area contributed by atoms with Crippen molar-refractivity contribution in [2.24, 2.45) is 5.92 Å². The summed E-state index contributed by atoms with van der Waals surface area (Å²) in [5, 5.41) is 2.83. The third-order valence-electron chi connectivity index (χ3n) is 5.85. The van der Waals surface area contributed by atoms with Gasteiger partial charge in [0.05, 0.1) is 10.6 Å². The number of halogens is 2. The fraction of sp³-hybridized carbons (Fsp3) is 0.286. The molecule has 10 heteroatoms. The Hall–Kier alpha value is -3.24. The van der Waals surface area contributed by atoms with Gasteiger partial charge in [-0.05, 0) is 54.8 Å². The van der Waals surface area contributed by atoms with Crippen molar-refractivity contribution in [1.82, 2.24) is 10.2 Å². The summed E-state index contributed by atoms with van der Waals surface area (Å²) in [6, 6.07) is 19.2. The highest BCUT2D eigenvalue weighted by Gasteiger charge is 2.33. The van der Waals surface area contributed by atoms with Gasteiger partial charge in [0, 0.05) is 17.6 Å². The highest BCUT2D eigenvalue weighted by molar-refractivity contribution is 9.10. The average molecular weight is 605 g/mol. The van der Waals surface area contributed by atoms with Crippen molar-refractivity contribution in [2.45, 2.75) is 38.3 Å². The fourth-order valence-corrected chi connectivity index (χ4v) is 5.42. The van der Waals surface area contributed by atoms with Crippen LogP contribution in [0.4, 0.5) is 10.1 Å². The van der Waals surface area contributed by atoms with Crippen LogP contribution in [0.5, 0.6) is 0 Å². The van der Waals surface area contributed by atoms with E-state index in [9.17, 15) is 22.4 Å². The summed E-state index contributed by atoms with van der Waals surface area (Å²) in [6.45, 7) is 5.28. The first-order valence-electron chi connectivity index (χ1n) is 12.1. The number of sulfonamides is 1. The van der Waals surface area contributed by atoms with E-state index in [4.69, 9.17) is 0 Å². The molecule has 0 aliphatic rings. The molecule has 0 heterocycles. The average Bonchev–Trinajstić information content (AvgIpc) is 2.90. The van der Waals surface area contributed by atoms with Gasteiger partial charge in [-0.3, -0.25) is 13.9 Å². The molecular weight excluding hydrogens is 573 g/mol. The van der Waals surface area contributed by atoms with Crippen LogP contribution in [0.25, 0.3) is 0 Å². The molecule has 3 aromatic rings. The zero-order valence-corrected chi connectivity index (χ0v) is 23.9. The van der Waals surface area contributed by atoms with E-state index in [0.29, 0.717) is 6.54 Å². The van der Waals surface area contributed by atoms with Crippen LogP contribution >= 0.6 is 15.9 Å². The number of rotatable bonds is 11. The van der Waals surface area contributed by atoms with Crippen molar-refractivity contribution in [2.75, 3.05) is 17.4 Å². The highest BCUT2D eigenvalue weighted by Crippen LogP contribution is 2.27. The first-order valence-corrected chi connectivity index (χ1v) is 14.4. The van der Waals surface area contributed by atoms with Crippen molar-refractivity contribution in [1.29, 1.82) is 0 Å². The van der Waals surface area contributed by atoms with Gasteiger partial charge in [-0.25, -0.2) is 12.8 Å². The molecule has 1 atom stereocenters. The summed E-state index contributed by atoms with van der Waals surface area (Å²) < 4.78 is 43.7. The molecule has 0 unspecified atom stereocenters. The maximum atomic E-state index is 14.9. The van der Waals surface area contributed by atoms with Crippen LogP contribution in [0, 0.1) is 11.7 Å². The SMILES string of the molecule is CC(C)CNC(=O)[C@H](C)N(Cc1ccc(Br)cc1)C(=O)CN(c1ccccc1F)S(=O)(=O)c1ccccc1. The Balaban J connectivity index is 2.00. The summed E-state index contributed by atoms with van der Waals surface area (Å²) in [5.74, 6) is -1.60. The monoisotopic (exact) mass is 603 g/mol. The molecule has 0 fully saturated rings. The molecule has 0 aliphatic carbocycles. The number of anilines is 1. The van der Waals surface area contributed by atoms with Gasteiger partial charge >= 0.3 is 0 Å². The van der Waals surface area contributed by atoms with Crippen LogP contribution in [-0.2, 0) is 26.2 Å². The normalized spacial score (nSPS) is 12.2. The molecule has 3 aromatic carbocycles. The lowest BCUT2D eigenvalue weighted by atomic mass is 10.1. The van der Waals surface area contributed by atoms with Crippen molar-refractivity contribution in [3.8, 4) is 0 Å². The van der Waals surface area contributed by atoms with Crippen LogP contribution in [0.15, 0.2) is 88.2 Å². The Morgan fingerprint density at radius 2 is 1.53 bits per heavy atom. The van der Waals surface area contributed by atoms with E-state index in [1.165, 1.54) is 35.2 Å². The number of benzene rings is 3. The van der Waals surface area contributed by atoms with E-state index in [1.54, 1.807) is 37.3 Å². The second kappa shape index (κ2) is 13.0. The summed E-state index contributed by atoms with van der Waals surface area (Å²) in [4.78, 5) is 28.0. The molecule has 1 N–H and O–H groups in total. The molecule has 0 saturated heterocycles. The van der Waals surface area contributed by atoms with E-state index < -0.39 is 34.3 Å². The zero-order valence-electron chi connectivity index (χ0n) is 21.5. The lowest BCUT2D eigenvalue weighted by Gasteiger charge is -2.32. The number of para-hydroxylation sites is 1. The summed E-state index contributed by atoms with van der Waals surface area (Å²) in [5.41, 5.74) is 0.485. The van der Waals surface area contributed by atoms with Gasteiger partial charge in [0.15, 0.2) is 0 Å². The number of hydrogen-bond donors (Lipinski definition) is 1. The lowest BCUT2D eigenvalue weighted by molar-refractivity contribution is -0.139. The number of nitrogens with zero attached hydrogens (tertiary/aromatic N) is 2. The standard InChI is InChI=1S/C28H31BrFN3O4S/c1-20(2)17-31-28(35)21(3)32(18-22-13-15-23(29)16-14-22)27(34)19-33(26-12-8-7-11-25(26)30)38(36,37)24-9-5-4-6-10-24/h4-16,20-21H,17-19H2,1-3H3,(H,31,35)/t21-/m0/s1. The first-order chi connectivity index (χ1) is 18.0. The molecule has 38 heavy (non-hydrogen) atoms. The molecular formula is C28H31BrFN3O4S. The minimum Gasteiger partial charge on any atom is -0.354 e. The molecule has 3 rings (SSSR count). The zero-order chi connectivity index (χ0) is 27.9. The van der Waals surface area contributed by atoms with Gasteiger partial charge in [0.25, 0.3) is 10.0 Å². The van der Waals surface area contributed by atoms with E-state index >= 15 is 0 Å². The first kappa shape index (κ1) is 29.3. The van der Waals surface area contributed by atoms with Gasteiger partial charge in [-0.15, -0.1) is 0 Å².